The predicted octanol–water partition coefficient (Wildman–Crippen LogP) is 7.17. The van der Waals surface area contributed by atoms with E-state index in [1.807, 2.05) is 32.6 Å². The fourth-order valence-electron chi connectivity index (χ4n) is 6.05. The lowest BCUT2D eigenvalue weighted by molar-refractivity contribution is 0.0427. The number of halogens is 2. The lowest BCUT2D eigenvalue weighted by atomic mass is 9.72. The van der Waals surface area contributed by atoms with E-state index in [2.05, 4.69) is 28.5 Å². The Morgan fingerprint density at radius 2 is 1.80 bits per heavy atom. The first-order chi connectivity index (χ1) is 19.3. The maximum absolute atomic E-state index is 12.9. The first kappa shape index (κ1) is 29.1. The van der Waals surface area contributed by atoms with Gasteiger partial charge in [-0.15, -0.1) is 0 Å². The minimum atomic E-state index is -1.17. The van der Waals surface area contributed by atoms with Crippen LogP contribution in [0.3, 0.4) is 0 Å². The van der Waals surface area contributed by atoms with Crippen molar-refractivity contribution < 1.29 is 19.4 Å². The van der Waals surface area contributed by atoms with Crippen LogP contribution in [-0.4, -0.2) is 45.8 Å². The summed E-state index contributed by atoms with van der Waals surface area (Å²) in [5.41, 5.74) is 3.97. The normalized spacial score (nSPS) is 17.8. The number of hydrogen-bond acceptors (Lipinski definition) is 6. The number of nitrogens with zero attached hydrogens (tertiary/aromatic N) is 3. The predicted molar refractivity (Wildman–Crippen MR) is 160 cm³/mol. The highest BCUT2D eigenvalue weighted by Crippen LogP contribution is 2.52. The van der Waals surface area contributed by atoms with Crippen molar-refractivity contribution in [2.24, 2.45) is 5.41 Å². The third-order valence-electron chi connectivity index (χ3n) is 7.95. The van der Waals surface area contributed by atoms with Gasteiger partial charge >= 0.3 is 12.1 Å². The fraction of sp³-hybridized carbons (Fsp3) is 0.419. The number of amides is 1. The van der Waals surface area contributed by atoms with Crippen LogP contribution >= 0.6 is 23.2 Å². The topological polar surface area (TPSA) is 105 Å². The maximum atomic E-state index is 12.9. The van der Waals surface area contributed by atoms with Crippen molar-refractivity contribution in [1.82, 2.24) is 15.3 Å². The number of hydrogen-bond donors (Lipinski definition) is 2. The Balaban J connectivity index is 1.44. The number of aryl methyl sites for hydroxylation is 2. The number of rotatable bonds is 4. The van der Waals surface area contributed by atoms with Gasteiger partial charge in [0.05, 0.1) is 27.5 Å². The standard InChI is InChI=1S/C31H34Cl2N4O4/c1-17-9-10-19-16-31(26(21(19)15-17)36-29(40)41-30(3,4)5)11-13-37(14-12-31)27-25(28(38)39)35-24(18(2)34-27)20-7-6-8-22(32)23(20)33/h6-10,15,26H,11-14,16H2,1-5H3,(H,36,40)(H,38,39)/t26-/m1/s1. The van der Waals surface area contributed by atoms with Gasteiger partial charge in [-0.1, -0.05) is 59.1 Å². The SMILES string of the molecule is Cc1ccc2c(c1)[C@@H](NC(=O)OC(C)(C)C)C1(CCN(c3nc(C)c(-c4cccc(Cl)c4Cl)nc3C(=O)O)CC1)C2. The number of carboxylic acids is 1. The van der Waals surface area contributed by atoms with Gasteiger partial charge in [0.25, 0.3) is 0 Å². The van der Waals surface area contributed by atoms with Crippen LogP contribution in [0.4, 0.5) is 10.6 Å². The van der Waals surface area contributed by atoms with Gasteiger partial charge < -0.3 is 20.1 Å². The van der Waals surface area contributed by atoms with Crippen LogP contribution in [0.25, 0.3) is 11.3 Å². The zero-order chi connectivity index (χ0) is 29.7. The first-order valence-electron chi connectivity index (χ1n) is 13.7. The number of carbonyl (C=O) groups is 2. The van der Waals surface area contributed by atoms with Crippen LogP contribution in [-0.2, 0) is 11.2 Å². The number of carboxylic acid groups (broad SMARTS) is 1. The van der Waals surface area contributed by atoms with Crippen molar-refractivity contribution in [3.63, 3.8) is 0 Å². The Morgan fingerprint density at radius 1 is 1.10 bits per heavy atom. The summed E-state index contributed by atoms with van der Waals surface area (Å²) in [4.78, 5) is 36.5. The number of aromatic carboxylic acids is 1. The fourth-order valence-corrected chi connectivity index (χ4v) is 6.44. The maximum Gasteiger partial charge on any atom is 0.408 e. The van der Waals surface area contributed by atoms with Crippen LogP contribution < -0.4 is 10.2 Å². The van der Waals surface area contributed by atoms with Crippen molar-refractivity contribution in [3.05, 3.63) is 74.5 Å². The molecule has 0 unspecified atom stereocenters. The Bertz CT molecular complexity index is 1530. The lowest BCUT2D eigenvalue weighted by Crippen LogP contribution is -2.48. The smallest absolute Gasteiger partial charge is 0.408 e. The van der Waals surface area contributed by atoms with Crippen molar-refractivity contribution in [3.8, 4) is 11.3 Å². The van der Waals surface area contributed by atoms with Gasteiger partial charge in [0, 0.05) is 24.1 Å². The van der Waals surface area contributed by atoms with E-state index in [1.165, 1.54) is 5.56 Å². The van der Waals surface area contributed by atoms with Crippen LogP contribution in [0.15, 0.2) is 36.4 Å². The number of nitrogens with one attached hydrogen (secondary N) is 1. The van der Waals surface area contributed by atoms with Crippen LogP contribution in [0.5, 0.6) is 0 Å². The molecule has 10 heteroatoms. The van der Waals surface area contributed by atoms with E-state index >= 15 is 0 Å². The third kappa shape index (κ3) is 5.72. The van der Waals surface area contributed by atoms with Crippen molar-refractivity contribution >= 4 is 41.1 Å². The van der Waals surface area contributed by atoms with Gasteiger partial charge in [-0.25, -0.2) is 19.6 Å². The molecule has 2 N–H and O–H groups in total. The summed E-state index contributed by atoms with van der Waals surface area (Å²) in [5, 5.41) is 14.0. The van der Waals surface area contributed by atoms with E-state index in [0.29, 0.717) is 45.9 Å². The van der Waals surface area contributed by atoms with Crippen LogP contribution in [0, 0.1) is 19.3 Å². The molecule has 1 aliphatic carbocycles. The molecule has 0 bridgehead atoms. The van der Waals surface area contributed by atoms with Crippen molar-refractivity contribution in [2.75, 3.05) is 18.0 Å². The number of ether oxygens (including phenoxy) is 1. The average molecular weight is 598 g/mol. The number of alkyl carbamates (subject to hydrolysis) is 1. The van der Waals surface area contributed by atoms with Gasteiger partial charge in [-0.2, -0.15) is 0 Å². The monoisotopic (exact) mass is 596 g/mol. The molecule has 1 aliphatic heterocycles. The van der Waals surface area contributed by atoms with Gasteiger partial charge in [-0.05, 0) is 71.1 Å². The number of aromatic nitrogens is 2. The second-order valence-electron chi connectivity index (χ2n) is 12.0. The molecule has 1 amide bonds. The van der Waals surface area contributed by atoms with E-state index in [0.717, 1.165) is 30.4 Å². The molecule has 2 aromatic carbocycles. The minimum absolute atomic E-state index is 0.133. The molecule has 41 heavy (non-hydrogen) atoms. The molecule has 2 heterocycles. The molecule has 216 valence electrons. The number of benzene rings is 2. The molecule has 1 spiro atoms. The van der Waals surface area contributed by atoms with Crippen LogP contribution in [0.1, 0.15) is 72.5 Å². The van der Waals surface area contributed by atoms with Gasteiger partial charge in [0.1, 0.15) is 5.60 Å². The van der Waals surface area contributed by atoms with Gasteiger partial charge in [-0.3, -0.25) is 0 Å². The van der Waals surface area contributed by atoms with Crippen molar-refractivity contribution in [1.29, 1.82) is 0 Å². The quantitative estimate of drug-likeness (QED) is 0.329. The highest BCUT2D eigenvalue weighted by molar-refractivity contribution is 6.43. The molecule has 5 rings (SSSR count). The molecular formula is C31H34Cl2N4O4. The summed E-state index contributed by atoms with van der Waals surface area (Å²) in [6.07, 6.45) is 1.83. The lowest BCUT2D eigenvalue weighted by Gasteiger charge is -2.44. The number of piperidine rings is 1. The zero-order valence-corrected chi connectivity index (χ0v) is 25.4. The summed E-state index contributed by atoms with van der Waals surface area (Å²) in [7, 11) is 0. The first-order valence-corrected chi connectivity index (χ1v) is 14.4. The molecular weight excluding hydrogens is 563 g/mol. The van der Waals surface area contributed by atoms with Gasteiger partial charge in [0.15, 0.2) is 11.5 Å². The molecule has 2 aliphatic rings. The van der Waals surface area contributed by atoms with E-state index < -0.39 is 17.7 Å². The largest absolute Gasteiger partial charge is 0.476 e. The summed E-state index contributed by atoms with van der Waals surface area (Å²) >= 11 is 12.6. The van der Waals surface area contributed by atoms with Gasteiger partial charge in [0.2, 0.25) is 0 Å². The molecule has 1 aromatic heterocycles. The highest BCUT2D eigenvalue weighted by atomic mass is 35.5. The van der Waals surface area contributed by atoms with Crippen molar-refractivity contribution in [2.45, 2.75) is 65.5 Å². The van der Waals surface area contributed by atoms with E-state index in [1.54, 1.807) is 25.1 Å². The number of anilines is 1. The summed E-state index contributed by atoms with van der Waals surface area (Å²) in [6.45, 7) is 10.5. The Labute approximate surface area is 250 Å². The molecule has 8 nitrogen and oxygen atoms in total. The third-order valence-corrected chi connectivity index (χ3v) is 8.77. The Morgan fingerprint density at radius 3 is 2.46 bits per heavy atom. The summed E-state index contributed by atoms with van der Waals surface area (Å²) in [6, 6.07) is 11.3. The molecule has 1 fully saturated rings. The minimum Gasteiger partial charge on any atom is -0.476 e. The zero-order valence-electron chi connectivity index (χ0n) is 23.8. The Hall–Kier alpha value is -3.36. The van der Waals surface area contributed by atoms with E-state index in [4.69, 9.17) is 32.9 Å². The average Bonchev–Trinajstić information content (AvgIpc) is 3.16. The molecule has 3 aromatic rings. The summed E-state index contributed by atoms with van der Waals surface area (Å²) < 4.78 is 5.63. The number of fused-ring (bicyclic) bond motifs is 1. The Kier molecular flexibility index (Phi) is 7.68. The second-order valence-corrected chi connectivity index (χ2v) is 12.8. The summed E-state index contributed by atoms with van der Waals surface area (Å²) in [5.74, 6) is -0.838. The highest BCUT2D eigenvalue weighted by Gasteiger charge is 2.49. The van der Waals surface area contributed by atoms with E-state index in [-0.39, 0.29) is 17.2 Å². The van der Waals surface area contributed by atoms with Crippen LogP contribution in [0.2, 0.25) is 10.0 Å². The number of carbonyl (C=O) groups excluding carboxylic acids is 1. The molecule has 1 saturated heterocycles. The second kappa shape index (κ2) is 10.8. The van der Waals surface area contributed by atoms with E-state index in [9.17, 15) is 14.7 Å². The molecule has 0 radical (unpaired) electrons. The molecule has 1 atom stereocenters. The molecule has 0 saturated carbocycles.